The van der Waals surface area contributed by atoms with Gasteiger partial charge in [-0.05, 0) is 19.3 Å². The van der Waals surface area contributed by atoms with E-state index in [0.29, 0.717) is 0 Å². The lowest BCUT2D eigenvalue weighted by Gasteiger charge is -2.34. The molecular formula is C12H27NO. The maximum atomic E-state index is 9.60. The third kappa shape index (κ3) is 3.97. The Kier molecular flexibility index (Phi) is 7.20. The molecule has 86 valence electrons. The van der Waals surface area contributed by atoms with Crippen LogP contribution in [-0.2, 0) is 0 Å². The Morgan fingerprint density at radius 2 is 1.64 bits per heavy atom. The molecule has 2 nitrogen and oxygen atoms in total. The Bertz CT molecular complexity index is 130. The molecule has 0 rings (SSSR count). The number of hydrogen-bond donors (Lipinski definition) is 2. The van der Waals surface area contributed by atoms with Gasteiger partial charge in [-0.3, -0.25) is 0 Å². The number of nitrogens with two attached hydrogens (primary N) is 1. The van der Waals surface area contributed by atoms with Gasteiger partial charge in [-0.25, -0.2) is 0 Å². The maximum absolute atomic E-state index is 9.60. The van der Waals surface area contributed by atoms with E-state index in [1.54, 1.807) is 0 Å². The Labute approximate surface area is 88.9 Å². The van der Waals surface area contributed by atoms with Crippen LogP contribution in [0.1, 0.15) is 65.7 Å². The van der Waals surface area contributed by atoms with Gasteiger partial charge in [0, 0.05) is 5.41 Å². The summed E-state index contributed by atoms with van der Waals surface area (Å²) in [4.78, 5) is 0. The molecule has 0 aliphatic rings. The van der Waals surface area contributed by atoms with Gasteiger partial charge in [0.25, 0.3) is 0 Å². The van der Waals surface area contributed by atoms with Crippen LogP contribution >= 0.6 is 0 Å². The molecule has 0 aromatic carbocycles. The number of unbranched alkanes of at least 4 members (excludes halogenated alkanes) is 3. The molecule has 0 aromatic heterocycles. The second-order valence-corrected chi connectivity index (χ2v) is 4.32. The highest BCUT2D eigenvalue weighted by Gasteiger charge is 2.31. The van der Waals surface area contributed by atoms with Crippen molar-refractivity contribution in [2.75, 3.05) is 0 Å². The quantitative estimate of drug-likeness (QED) is 0.468. The van der Waals surface area contributed by atoms with Crippen LogP contribution in [0.3, 0.4) is 0 Å². The molecular weight excluding hydrogens is 174 g/mol. The lowest BCUT2D eigenvalue weighted by molar-refractivity contribution is 0.0135. The summed E-state index contributed by atoms with van der Waals surface area (Å²) < 4.78 is 0. The summed E-state index contributed by atoms with van der Waals surface area (Å²) in [5.74, 6) is 0. The van der Waals surface area contributed by atoms with Gasteiger partial charge < -0.3 is 10.8 Å². The van der Waals surface area contributed by atoms with E-state index in [0.717, 1.165) is 19.3 Å². The molecule has 0 saturated heterocycles. The van der Waals surface area contributed by atoms with E-state index >= 15 is 0 Å². The van der Waals surface area contributed by atoms with Crippen LogP contribution in [0.25, 0.3) is 0 Å². The standard InChI is InChI=1S/C12H27NO/c1-4-7-8-9-10-12(5-2,6-3)11(13)14/h11,14H,4-10,13H2,1-3H3. The zero-order valence-electron chi connectivity index (χ0n) is 10.1. The van der Waals surface area contributed by atoms with Crippen molar-refractivity contribution in [2.45, 2.75) is 71.9 Å². The topological polar surface area (TPSA) is 46.2 Å². The van der Waals surface area contributed by atoms with Gasteiger partial charge in [0.2, 0.25) is 0 Å². The van der Waals surface area contributed by atoms with Crippen molar-refractivity contribution in [3.8, 4) is 0 Å². The summed E-state index contributed by atoms with van der Waals surface area (Å²) in [7, 11) is 0. The first-order valence-corrected chi connectivity index (χ1v) is 6.06. The SMILES string of the molecule is CCCCCCC(CC)(CC)C(N)O. The van der Waals surface area contributed by atoms with E-state index in [9.17, 15) is 5.11 Å². The average Bonchev–Trinajstić information content (AvgIpc) is 2.18. The Hall–Kier alpha value is -0.0800. The highest BCUT2D eigenvalue weighted by Crippen LogP contribution is 2.34. The van der Waals surface area contributed by atoms with Gasteiger partial charge in [-0.15, -0.1) is 0 Å². The zero-order chi connectivity index (χ0) is 11.0. The predicted octanol–water partition coefficient (Wildman–Crippen LogP) is 3.04. The van der Waals surface area contributed by atoms with Crippen LogP contribution in [-0.4, -0.2) is 11.3 Å². The van der Waals surface area contributed by atoms with Crippen LogP contribution in [0.5, 0.6) is 0 Å². The van der Waals surface area contributed by atoms with Crippen LogP contribution < -0.4 is 5.73 Å². The molecule has 0 saturated carbocycles. The highest BCUT2D eigenvalue weighted by atomic mass is 16.3. The van der Waals surface area contributed by atoms with E-state index in [1.807, 2.05) is 0 Å². The van der Waals surface area contributed by atoms with Crippen LogP contribution in [0.2, 0.25) is 0 Å². The molecule has 3 N–H and O–H groups in total. The van der Waals surface area contributed by atoms with Crippen molar-refractivity contribution < 1.29 is 5.11 Å². The summed E-state index contributed by atoms with van der Waals surface area (Å²) >= 11 is 0. The first-order chi connectivity index (χ1) is 6.63. The molecule has 1 unspecified atom stereocenters. The fraction of sp³-hybridized carbons (Fsp3) is 1.00. The summed E-state index contributed by atoms with van der Waals surface area (Å²) in [6, 6.07) is 0. The molecule has 0 aliphatic heterocycles. The molecule has 0 aliphatic carbocycles. The fourth-order valence-corrected chi connectivity index (χ4v) is 2.07. The van der Waals surface area contributed by atoms with Crippen LogP contribution in [0, 0.1) is 5.41 Å². The minimum absolute atomic E-state index is 0.0340. The highest BCUT2D eigenvalue weighted by molar-refractivity contribution is 4.80. The van der Waals surface area contributed by atoms with Gasteiger partial charge >= 0.3 is 0 Å². The second-order valence-electron chi connectivity index (χ2n) is 4.32. The van der Waals surface area contributed by atoms with Crippen molar-refractivity contribution in [3.63, 3.8) is 0 Å². The van der Waals surface area contributed by atoms with Gasteiger partial charge in [0.05, 0.1) is 0 Å². The molecule has 1 atom stereocenters. The predicted molar refractivity (Wildman–Crippen MR) is 62.0 cm³/mol. The normalized spacial score (nSPS) is 14.4. The summed E-state index contributed by atoms with van der Waals surface area (Å²) in [6.45, 7) is 6.46. The van der Waals surface area contributed by atoms with Crippen LogP contribution in [0.4, 0.5) is 0 Å². The van der Waals surface area contributed by atoms with Gasteiger partial charge in [0.1, 0.15) is 6.23 Å². The lowest BCUT2D eigenvalue weighted by atomic mass is 9.76. The van der Waals surface area contributed by atoms with E-state index in [1.165, 1.54) is 25.7 Å². The largest absolute Gasteiger partial charge is 0.378 e. The van der Waals surface area contributed by atoms with Gasteiger partial charge in [0.15, 0.2) is 0 Å². The van der Waals surface area contributed by atoms with Crippen molar-refractivity contribution in [1.82, 2.24) is 0 Å². The van der Waals surface area contributed by atoms with Crippen molar-refractivity contribution in [1.29, 1.82) is 0 Å². The van der Waals surface area contributed by atoms with E-state index in [-0.39, 0.29) is 5.41 Å². The first-order valence-electron chi connectivity index (χ1n) is 6.06. The van der Waals surface area contributed by atoms with Gasteiger partial charge in [-0.2, -0.15) is 0 Å². The van der Waals surface area contributed by atoms with Crippen molar-refractivity contribution >= 4 is 0 Å². The maximum Gasteiger partial charge on any atom is 0.108 e. The third-order valence-corrected chi connectivity index (χ3v) is 3.56. The third-order valence-electron chi connectivity index (χ3n) is 3.56. The smallest absolute Gasteiger partial charge is 0.108 e. The molecule has 0 amide bonds. The Morgan fingerprint density at radius 3 is 2.00 bits per heavy atom. The molecule has 2 heteroatoms. The zero-order valence-corrected chi connectivity index (χ0v) is 10.1. The molecule has 0 spiro atoms. The fourth-order valence-electron chi connectivity index (χ4n) is 2.07. The van der Waals surface area contributed by atoms with Crippen molar-refractivity contribution in [2.24, 2.45) is 11.1 Å². The average molecular weight is 201 g/mol. The first kappa shape index (κ1) is 13.9. The molecule has 14 heavy (non-hydrogen) atoms. The number of aliphatic hydroxyl groups excluding tert-OH is 1. The Balaban J connectivity index is 3.95. The second kappa shape index (κ2) is 7.24. The molecule has 0 radical (unpaired) electrons. The van der Waals surface area contributed by atoms with E-state index < -0.39 is 6.23 Å². The lowest BCUT2D eigenvalue weighted by Crippen LogP contribution is -2.40. The summed E-state index contributed by atoms with van der Waals surface area (Å²) in [6.07, 6.45) is 7.40. The van der Waals surface area contributed by atoms with Gasteiger partial charge in [-0.1, -0.05) is 46.5 Å². The number of aliphatic hydroxyl groups is 1. The summed E-state index contributed by atoms with van der Waals surface area (Å²) in [5, 5.41) is 9.60. The number of hydrogen-bond acceptors (Lipinski definition) is 2. The number of rotatable bonds is 8. The molecule has 0 bridgehead atoms. The van der Waals surface area contributed by atoms with E-state index in [4.69, 9.17) is 5.73 Å². The van der Waals surface area contributed by atoms with Crippen molar-refractivity contribution in [3.05, 3.63) is 0 Å². The monoisotopic (exact) mass is 201 g/mol. The molecule has 0 heterocycles. The minimum Gasteiger partial charge on any atom is -0.378 e. The Morgan fingerprint density at radius 1 is 1.07 bits per heavy atom. The minimum atomic E-state index is -0.654. The molecule has 0 fully saturated rings. The van der Waals surface area contributed by atoms with E-state index in [2.05, 4.69) is 20.8 Å². The summed E-state index contributed by atoms with van der Waals surface area (Å²) in [5.41, 5.74) is 5.63. The van der Waals surface area contributed by atoms with Crippen LogP contribution in [0.15, 0.2) is 0 Å². The molecule has 0 aromatic rings.